The Kier molecular flexibility index (Phi) is 6.32. The molecular formula is C25H23ClN2O4. The second-order valence-corrected chi connectivity index (χ2v) is 7.89. The molecule has 1 aliphatic heterocycles. The van der Waals surface area contributed by atoms with Crippen LogP contribution in [0.4, 0.5) is 5.69 Å². The normalized spacial score (nSPS) is 13.8. The van der Waals surface area contributed by atoms with Gasteiger partial charge in [0.15, 0.2) is 0 Å². The van der Waals surface area contributed by atoms with Crippen LogP contribution in [-0.2, 0) is 16.1 Å². The van der Waals surface area contributed by atoms with Gasteiger partial charge in [-0.15, -0.1) is 0 Å². The summed E-state index contributed by atoms with van der Waals surface area (Å²) in [5, 5.41) is 3.69. The van der Waals surface area contributed by atoms with Crippen molar-refractivity contribution in [3.63, 3.8) is 0 Å². The van der Waals surface area contributed by atoms with Crippen LogP contribution >= 0.6 is 11.6 Å². The summed E-state index contributed by atoms with van der Waals surface area (Å²) in [6.45, 7) is 4.59. The van der Waals surface area contributed by atoms with Gasteiger partial charge in [0.05, 0.1) is 25.0 Å². The van der Waals surface area contributed by atoms with E-state index in [1.165, 1.54) is 11.2 Å². The molecule has 164 valence electrons. The third-order valence-corrected chi connectivity index (χ3v) is 5.53. The second-order valence-electron chi connectivity index (χ2n) is 7.49. The topological polar surface area (TPSA) is 71.8 Å². The van der Waals surface area contributed by atoms with E-state index in [4.69, 9.17) is 20.8 Å². The number of halogens is 1. The van der Waals surface area contributed by atoms with Gasteiger partial charge in [-0.1, -0.05) is 36.7 Å². The van der Waals surface area contributed by atoms with Crippen LogP contribution in [-0.4, -0.2) is 23.3 Å². The minimum absolute atomic E-state index is 0.0473. The van der Waals surface area contributed by atoms with Crippen LogP contribution in [0, 0.1) is 6.92 Å². The maximum atomic E-state index is 13.3. The van der Waals surface area contributed by atoms with Gasteiger partial charge in [0.2, 0.25) is 0 Å². The predicted octanol–water partition coefficient (Wildman–Crippen LogP) is 5.42. The minimum Gasteiger partial charge on any atom is -0.494 e. The minimum atomic E-state index is -0.426. The number of furan rings is 1. The molecule has 0 unspecified atom stereocenters. The number of anilines is 1. The van der Waals surface area contributed by atoms with Crippen molar-refractivity contribution in [3.05, 3.63) is 88.5 Å². The van der Waals surface area contributed by atoms with Gasteiger partial charge in [0.1, 0.15) is 17.2 Å². The molecule has 0 atom stereocenters. The number of hydrogen-bond acceptors (Lipinski definition) is 5. The van der Waals surface area contributed by atoms with Gasteiger partial charge < -0.3 is 14.5 Å². The number of nitrogens with one attached hydrogen (secondary N) is 1. The number of hydrogen-bond donors (Lipinski definition) is 1. The van der Waals surface area contributed by atoms with E-state index >= 15 is 0 Å². The maximum Gasteiger partial charge on any atom is 0.278 e. The molecule has 2 heterocycles. The van der Waals surface area contributed by atoms with Gasteiger partial charge in [0, 0.05) is 10.7 Å². The molecule has 3 aromatic rings. The van der Waals surface area contributed by atoms with E-state index in [2.05, 4.69) is 5.32 Å². The first kappa shape index (κ1) is 21.7. The molecule has 7 heteroatoms. The van der Waals surface area contributed by atoms with Crippen LogP contribution in [0.5, 0.6) is 5.75 Å². The lowest BCUT2D eigenvalue weighted by Crippen LogP contribution is -2.31. The number of imide groups is 1. The van der Waals surface area contributed by atoms with E-state index in [-0.39, 0.29) is 12.2 Å². The quantitative estimate of drug-likeness (QED) is 0.464. The number of nitrogens with zero attached hydrogens (tertiary/aromatic N) is 1. The molecule has 0 bridgehead atoms. The summed E-state index contributed by atoms with van der Waals surface area (Å²) in [4.78, 5) is 27.8. The van der Waals surface area contributed by atoms with Crippen LogP contribution in [0.25, 0.3) is 5.57 Å². The Morgan fingerprint density at radius 1 is 1.06 bits per heavy atom. The van der Waals surface area contributed by atoms with E-state index in [0.717, 1.165) is 12.0 Å². The lowest BCUT2D eigenvalue weighted by molar-refractivity contribution is -0.137. The summed E-state index contributed by atoms with van der Waals surface area (Å²) in [5.74, 6) is 0.410. The second kappa shape index (κ2) is 9.32. The van der Waals surface area contributed by atoms with E-state index in [1.807, 2.05) is 26.0 Å². The SMILES string of the molecule is CCCOc1ccc(C2=C(Nc3ccc(C)c(Cl)c3)C(=O)N(Cc3ccco3)C2=O)cc1. The lowest BCUT2D eigenvalue weighted by Gasteiger charge is -2.14. The summed E-state index contributed by atoms with van der Waals surface area (Å²) in [6.07, 6.45) is 2.41. The van der Waals surface area contributed by atoms with Crippen molar-refractivity contribution in [1.29, 1.82) is 0 Å². The summed E-state index contributed by atoms with van der Waals surface area (Å²) < 4.78 is 11.0. The summed E-state index contributed by atoms with van der Waals surface area (Å²) in [5.41, 5.74) is 2.65. The Labute approximate surface area is 191 Å². The first-order chi connectivity index (χ1) is 15.5. The first-order valence-electron chi connectivity index (χ1n) is 10.4. The zero-order valence-electron chi connectivity index (χ0n) is 17.9. The zero-order valence-corrected chi connectivity index (χ0v) is 18.6. The molecule has 0 saturated heterocycles. The average molecular weight is 451 g/mol. The third kappa shape index (κ3) is 4.41. The highest BCUT2D eigenvalue weighted by Crippen LogP contribution is 2.33. The van der Waals surface area contributed by atoms with Crippen molar-refractivity contribution in [3.8, 4) is 5.75 Å². The van der Waals surface area contributed by atoms with Crippen molar-refractivity contribution in [2.45, 2.75) is 26.8 Å². The van der Waals surface area contributed by atoms with Gasteiger partial charge in [-0.25, -0.2) is 0 Å². The standard InChI is InChI=1S/C25H23ClN2O4/c1-3-12-31-19-10-7-17(8-11-19)22-23(27-18-9-6-16(2)21(26)14-18)25(30)28(24(22)29)15-20-5-4-13-32-20/h4-11,13-14,27H,3,12,15H2,1-2H3. The molecule has 4 rings (SSSR count). The van der Waals surface area contributed by atoms with Gasteiger partial charge in [-0.05, 0) is 60.9 Å². The molecule has 2 amide bonds. The number of carbonyl (C=O) groups is 2. The van der Waals surface area contributed by atoms with E-state index in [0.29, 0.717) is 40.0 Å². The number of aryl methyl sites for hydroxylation is 1. The molecule has 0 aliphatic carbocycles. The molecule has 32 heavy (non-hydrogen) atoms. The smallest absolute Gasteiger partial charge is 0.278 e. The van der Waals surface area contributed by atoms with Crippen LogP contribution in [0.15, 0.2) is 71.0 Å². The molecule has 0 fully saturated rings. The molecule has 1 aliphatic rings. The average Bonchev–Trinajstić information content (AvgIpc) is 3.38. The van der Waals surface area contributed by atoms with Crippen molar-refractivity contribution >= 4 is 34.7 Å². The fourth-order valence-electron chi connectivity index (χ4n) is 3.41. The Morgan fingerprint density at radius 3 is 2.50 bits per heavy atom. The van der Waals surface area contributed by atoms with Crippen molar-refractivity contribution in [2.75, 3.05) is 11.9 Å². The lowest BCUT2D eigenvalue weighted by atomic mass is 10.0. The molecule has 6 nitrogen and oxygen atoms in total. The predicted molar refractivity (Wildman–Crippen MR) is 123 cm³/mol. The Morgan fingerprint density at radius 2 is 1.84 bits per heavy atom. The summed E-state index contributed by atoms with van der Waals surface area (Å²) in [6, 6.07) is 16.0. The van der Waals surface area contributed by atoms with E-state index in [1.54, 1.807) is 42.5 Å². The number of rotatable bonds is 8. The third-order valence-electron chi connectivity index (χ3n) is 5.12. The highest BCUT2D eigenvalue weighted by Gasteiger charge is 2.39. The monoisotopic (exact) mass is 450 g/mol. The molecule has 0 radical (unpaired) electrons. The van der Waals surface area contributed by atoms with E-state index < -0.39 is 11.8 Å². The van der Waals surface area contributed by atoms with Gasteiger partial charge >= 0.3 is 0 Å². The number of carbonyl (C=O) groups excluding carboxylic acids is 2. The number of ether oxygens (including phenoxy) is 1. The Hall–Kier alpha value is -3.51. The van der Waals surface area contributed by atoms with Crippen LogP contribution < -0.4 is 10.1 Å². The van der Waals surface area contributed by atoms with Gasteiger partial charge in [-0.2, -0.15) is 0 Å². The molecular weight excluding hydrogens is 428 g/mol. The summed E-state index contributed by atoms with van der Waals surface area (Å²) in [7, 11) is 0. The molecule has 0 spiro atoms. The first-order valence-corrected chi connectivity index (χ1v) is 10.7. The molecule has 2 aromatic carbocycles. The number of amides is 2. The fraction of sp³-hybridized carbons (Fsp3) is 0.200. The van der Waals surface area contributed by atoms with Crippen LogP contribution in [0.1, 0.15) is 30.2 Å². The number of benzene rings is 2. The molecule has 1 aromatic heterocycles. The van der Waals surface area contributed by atoms with Crippen molar-refractivity contribution in [2.24, 2.45) is 0 Å². The molecule has 0 saturated carbocycles. The largest absolute Gasteiger partial charge is 0.494 e. The van der Waals surface area contributed by atoms with Gasteiger partial charge in [0.25, 0.3) is 11.8 Å². The van der Waals surface area contributed by atoms with E-state index in [9.17, 15) is 9.59 Å². The Bertz CT molecular complexity index is 1170. The van der Waals surface area contributed by atoms with Crippen molar-refractivity contribution < 1.29 is 18.7 Å². The maximum absolute atomic E-state index is 13.3. The fourth-order valence-corrected chi connectivity index (χ4v) is 3.60. The summed E-state index contributed by atoms with van der Waals surface area (Å²) >= 11 is 6.26. The van der Waals surface area contributed by atoms with Gasteiger partial charge in [-0.3, -0.25) is 14.5 Å². The highest BCUT2D eigenvalue weighted by molar-refractivity contribution is 6.36. The Balaban J connectivity index is 1.71. The van der Waals surface area contributed by atoms with Crippen LogP contribution in [0.2, 0.25) is 5.02 Å². The highest BCUT2D eigenvalue weighted by atomic mass is 35.5. The van der Waals surface area contributed by atoms with Crippen LogP contribution in [0.3, 0.4) is 0 Å². The zero-order chi connectivity index (χ0) is 22.7. The van der Waals surface area contributed by atoms with Crippen molar-refractivity contribution in [1.82, 2.24) is 4.90 Å². The molecule has 1 N–H and O–H groups in total.